The van der Waals surface area contributed by atoms with Gasteiger partial charge in [0, 0.05) is 0 Å². The van der Waals surface area contributed by atoms with Crippen molar-refractivity contribution in [3.8, 4) is 0 Å². The normalized spacial score (nSPS) is 16.0. The lowest BCUT2D eigenvalue weighted by Gasteiger charge is -2.27. The zero-order chi connectivity index (χ0) is 11.4. The van der Waals surface area contributed by atoms with Gasteiger partial charge in [-0.05, 0) is 32.4 Å². The van der Waals surface area contributed by atoms with E-state index in [4.69, 9.17) is 10.9 Å². The maximum absolute atomic E-state index is 8.52. The lowest BCUT2D eigenvalue weighted by molar-refractivity contribution is 0.243. The molecular formula is C10H23N3O. The molecule has 0 rings (SSSR count). The molecule has 0 heterocycles. The second kappa shape index (κ2) is 5.20. The van der Waals surface area contributed by atoms with Gasteiger partial charge >= 0.3 is 0 Å². The Morgan fingerprint density at radius 2 is 2.00 bits per heavy atom. The van der Waals surface area contributed by atoms with E-state index in [9.17, 15) is 0 Å². The number of nitrogens with zero attached hydrogens (tertiary/aromatic N) is 2. The van der Waals surface area contributed by atoms with E-state index in [2.05, 4.69) is 30.8 Å². The summed E-state index contributed by atoms with van der Waals surface area (Å²) in [5.74, 6) is 0.265. The largest absolute Gasteiger partial charge is 0.409 e. The summed E-state index contributed by atoms with van der Waals surface area (Å²) in [5.41, 5.74) is 5.83. The standard InChI is InChI=1S/C10H23N3O/c1-8(9(11)12-14)13(5)7-6-10(2,3)4/h8,14H,6-7H2,1-5H3,(H2,11,12). The van der Waals surface area contributed by atoms with Crippen LogP contribution in [0, 0.1) is 5.41 Å². The Kier molecular flexibility index (Phi) is 4.91. The summed E-state index contributed by atoms with van der Waals surface area (Å²) < 4.78 is 0. The number of likely N-dealkylation sites (N-methyl/N-ethyl adjacent to an activating group) is 1. The highest BCUT2D eigenvalue weighted by molar-refractivity contribution is 5.84. The molecule has 3 N–H and O–H groups in total. The number of hydrogen-bond donors (Lipinski definition) is 2. The number of oxime groups is 1. The van der Waals surface area contributed by atoms with E-state index in [0.717, 1.165) is 13.0 Å². The van der Waals surface area contributed by atoms with Gasteiger partial charge in [-0.1, -0.05) is 25.9 Å². The van der Waals surface area contributed by atoms with Gasteiger partial charge < -0.3 is 10.9 Å². The van der Waals surface area contributed by atoms with Crippen molar-refractivity contribution in [2.75, 3.05) is 13.6 Å². The fourth-order valence-electron chi connectivity index (χ4n) is 1.01. The van der Waals surface area contributed by atoms with Crippen LogP contribution in [0.4, 0.5) is 0 Å². The van der Waals surface area contributed by atoms with E-state index < -0.39 is 0 Å². The Morgan fingerprint density at radius 3 is 2.36 bits per heavy atom. The highest BCUT2D eigenvalue weighted by Crippen LogP contribution is 2.18. The second-order valence-corrected chi connectivity index (χ2v) is 4.99. The van der Waals surface area contributed by atoms with Crippen LogP contribution >= 0.6 is 0 Å². The number of rotatable bonds is 4. The molecule has 0 amide bonds. The third-order valence-corrected chi connectivity index (χ3v) is 2.42. The fraction of sp³-hybridized carbons (Fsp3) is 0.900. The van der Waals surface area contributed by atoms with Gasteiger partial charge in [0.25, 0.3) is 0 Å². The highest BCUT2D eigenvalue weighted by Gasteiger charge is 2.16. The minimum atomic E-state index is -0.0117. The molecule has 0 saturated heterocycles. The first-order valence-electron chi connectivity index (χ1n) is 4.95. The van der Waals surface area contributed by atoms with E-state index in [1.54, 1.807) is 0 Å². The number of nitrogens with two attached hydrogens (primary N) is 1. The SMILES string of the molecule is CC(C(N)=NO)N(C)CCC(C)(C)C. The molecule has 0 radical (unpaired) electrons. The average molecular weight is 201 g/mol. The zero-order valence-corrected chi connectivity index (χ0v) is 9.91. The fourth-order valence-corrected chi connectivity index (χ4v) is 1.01. The molecule has 1 atom stereocenters. The molecule has 0 fully saturated rings. The molecule has 0 aromatic carbocycles. The summed E-state index contributed by atoms with van der Waals surface area (Å²) in [4.78, 5) is 2.08. The average Bonchev–Trinajstić information content (AvgIpc) is 2.10. The molecule has 0 aromatic heterocycles. The van der Waals surface area contributed by atoms with Crippen LogP contribution in [0.15, 0.2) is 5.16 Å². The van der Waals surface area contributed by atoms with Gasteiger partial charge in [0.1, 0.15) is 0 Å². The summed E-state index contributed by atoms with van der Waals surface area (Å²) >= 11 is 0. The third-order valence-electron chi connectivity index (χ3n) is 2.42. The van der Waals surface area contributed by atoms with Gasteiger partial charge in [-0.15, -0.1) is 0 Å². The van der Waals surface area contributed by atoms with Crippen molar-refractivity contribution < 1.29 is 5.21 Å². The number of hydrogen-bond acceptors (Lipinski definition) is 3. The lowest BCUT2D eigenvalue weighted by atomic mass is 9.92. The summed E-state index contributed by atoms with van der Waals surface area (Å²) in [6.45, 7) is 9.48. The van der Waals surface area contributed by atoms with Gasteiger partial charge in [-0.3, -0.25) is 4.90 Å². The highest BCUT2D eigenvalue weighted by atomic mass is 16.4. The monoisotopic (exact) mass is 201 g/mol. The van der Waals surface area contributed by atoms with E-state index in [-0.39, 0.29) is 11.9 Å². The van der Waals surface area contributed by atoms with Gasteiger partial charge in [0.15, 0.2) is 5.84 Å². The van der Waals surface area contributed by atoms with Gasteiger partial charge in [0.05, 0.1) is 6.04 Å². The minimum Gasteiger partial charge on any atom is -0.409 e. The molecule has 0 aliphatic carbocycles. The van der Waals surface area contributed by atoms with Crippen LogP contribution in [0.1, 0.15) is 34.1 Å². The van der Waals surface area contributed by atoms with Crippen LogP contribution in [0.2, 0.25) is 0 Å². The molecular weight excluding hydrogens is 178 g/mol. The Hall–Kier alpha value is -0.770. The number of amidine groups is 1. The first kappa shape index (κ1) is 13.2. The molecule has 0 aromatic rings. The van der Waals surface area contributed by atoms with E-state index >= 15 is 0 Å². The second-order valence-electron chi connectivity index (χ2n) is 4.99. The minimum absolute atomic E-state index is 0.0117. The molecule has 0 aliphatic rings. The van der Waals surface area contributed by atoms with Crippen molar-refractivity contribution in [2.45, 2.75) is 40.2 Å². The van der Waals surface area contributed by atoms with E-state index in [1.165, 1.54) is 0 Å². The van der Waals surface area contributed by atoms with Crippen molar-refractivity contribution >= 4 is 5.84 Å². The molecule has 84 valence electrons. The summed E-state index contributed by atoms with van der Waals surface area (Å²) in [5, 5.41) is 11.5. The van der Waals surface area contributed by atoms with Crippen LogP contribution in [-0.2, 0) is 0 Å². The van der Waals surface area contributed by atoms with Crippen LogP contribution in [-0.4, -0.2) is 35.6 Å². The molecule has 1 unspecified atom stereocenters. The Morgan fingerprint density at radius 1 is 1.50 bits per heavy atom. The predicted molar refractivity (Wildman–Crippen MR) is 59.6 cm³/mol. The first-order valence-corrected chi connectivity index (χ1v) is 4.95. The van der Waals surface area contributed by atoms with Crippen molar-refractivity contribution in [3.63, 3.8) is 0 Å². The van der Waals surface area contributed by atoms with Crippen molar-refractivity contribution in [1.29, 1.82) is 0 Å². The zero-order valence-electron chi connectivity index (χ0n) is 9.91. The van der Waals surface area contributed by atoms with Gasteiger partial charge in [0.2, 0.25) is 0 Å². The summed E-state index contributed by atoms with van der Waals surface area (Å²) in [6.07, 6.45) is 1.09. The van der Waals surface area contributed by atoms with Crippen LogP contribution in [0.5, 0.6) is 0 Å². The van der Waals surface area contributed by atoms with Gasteiger partial charge in [-0.2, -0.15) is 0 Å². The molecule has 0 saturated carbocycles. The summed E-state index contributed by atoms with van der Waals surface area (Å²) in [6, 6.07) is -0.0117. The van der Waals surface area contributed by atoms with Crippen LogP contribution in [0.25, 0.3) is 0 Å². The molecule has 14 heavy (non-hydrogen) atoms. The lowest BCUT2D eigenvalue weighted by Crippen LogP contribution is -2.41. The molecule has 4 heteroatoms. The van der Waals surface area contributed by atoms with Crippen molar-refractivity contribution in [1.82, 2.24) is 4.90 Å². The molecule has 0 bridgehead atoms. The smallest absolute Gasteiger partial charge is 0.156 e. The van der Waals surface area contributed by atoms with Crippen LogP contribution < -0.4 is 5.73 Å². The topological polar surface area (TPSA) is 61.9 Å². The van der Waals surface area contributed by atoms with E-state index in [1.807, 2.05) is 14.0 Å². The Bertz CT molecular complexity index is 196. The quantitative estimate of drug-likeness (QED) is 0.313. The molecule has 0 aliphatic heterocycles. The Labute approximate surface area is 86.8 Å². The van der Waals surface area contributed by atoms with Gasteiger partial charge in [-0.25, -0.2) is 0 Å². The molecule has 4 nitrogen and oxygen atoms in total. The maximum Gasteiger partial charge on any atom is 0.156 e. The summed E-state index contributed by atoms with van der Waals surface area (Å²) in [7, 11) is 1.98. The van der Waals surface area contributed by atoms with Crippen LogP contribution in [0.3, 0.4) is 0 Å². The maximum atomic E-state index is 8.52. The van der Waals surface area contributed by atoms with Crippen molar-refractivity contribution in [3.05, 3.63) is 0 Å². The first-order chi connectivity index (χ1) is 6.28. The predicted octanol–water partition coefficient (Wildman–Crippen LogP) is 1.49. The van der Waals surface area contributed by atoms with Crippen molar-refractivity contribution in [2.24, 2.45) is 16.3 Å². The molecule has 0 spiro atoms. The third kappa shape index (κ3) is 5.07. The Balaban J connectivity index is 4.03. The van der Waals surface area contributed by atoms with E-state index in [0.29, 0.717) is 5.41 Å².